The van der Waals surface area contributed by atoms with Crippen molar-refractivity contribution in [3.8, 4) is 0 Å². The minimum atomic E-state index is 0.494. The van der Waals surface area contributed by atoms with E-state index in [4.69, 9.17) is 0 Å². The maximum atomic E-state index is 4.60. The van der Waals surface area contributed by atoms with Gasteiger partial charge in [-0.2, -0.15) is 5.10 Å². The second kappa shape index (κ2) is 5.74. The Kier molecular flexibility index (Phi) is 4.27. The normalized spacial score (nSPS) is 20.1. The average molecular weight is 250 g/mol. The van der Waals surface area contributed by atoms with Gasteiger partial charge in [0.25, 0.3) is 0 Å². The molecule has 1 saturated heterocycles. The third kappa shape index (κ3) is 2.86. The SMILES string of the molecule is CCNCC1CCN(c2cn(C)nc2C(C)C)C1. The highest BCUT2D eigenvalue weighted by molar-refractivity contribution is 5.51. The molecule has 1 aliphatic rings. The van der Waals surface area contributed by atoms with Gasteiger partial charge in [-0.15, -0.1) is 0 Å². The summed E-state index contributed by atoms with van der Waals surface area (Å²) in [5.41, 5.74) is 2.58. The molecule has 0 spiro atoms. The fraction of sp³-hybridized carbons (Fsp3) is 0.786. The van der Waals surface area contributed by atoms with Gasteiger partial charge in [0.2, 0.25) is 0 Å². The predicted molar refractivity (Wildman–Crippen MR) is 76.2 cm³/mol. The van der Waals surface area contributed by atoms with Crippen molar-refractivity contribution < 1.29 is 0 Å². The first-order valence-electron chi connectivity index (χ1n) is 7.11. The fourth-order valence-corrected chi connectivity index (χ4v) is 2.71. The molecule has 2 heterocycles. The van der Waals surface area contributed by atoms with E-state index in [1.807, 2.05) is 11.7 Å². The average Bonchev–Trinajstić information content (AvgIpc) is 2.92. The molecule has 18 heavy (non-hydrogen) atoms. The summed E-state index contributed by atoms with van der Waals surface area (Å²) in [7, 11) is 2.02. The van der Waals surface area contributed by atoms with Crippen LogP contribution in [-0.4, -0.2) is 36.0 Å². The summed E-state index contributed by atoms with van der Waals surface area (Å²) in [6, 6.07) is 0. The van der Waals surface area contributed by atoms with Crippen LogP contribution in [0.5, 0.6) is 0 Å². The largest absolute Gasteiger partial charge is 0.368 e. The molecule has 0 amide bonds. The van der Waals surface area contributed by atoms with Crippen molar-refractivity contribution in [2.75, 3.05) is 31.1 Å². The summed E-state index contributed by atoms with van der Waals surface area (Å²) in [6.45, 7) is 11.2. The van der Waals surface area contributed by atoms with E-state index in [-0.39, 0.29) is 0 Å². The van der Waals surface area contributed by atoms with Crippen LogP contribution < -0.4 is 10.2 Å². The van der Waals surface area contributed by atoms with Gasteiger partial charge in [-0.25, -0.2) is 0 Å². The molecule has 0 radical (unpaired) electrons. The van der Waals surface area contributed by atoms with Crippen LogP contribution in [-0.2, 0) is 7.05 Å². The first kappa shape index (κ1) is 13.4. The number of aryl methyl sites for hydroxylation is 1. The molecule has 1 unspecified atom stereocenters. The second-order valence-electron chi connectivity index (χ2n) is 5.64. The molecule has 1 aliphatic heterocycles. The number of aromatic nitrogens is 2. The van der Waals surface area contributed by atoms with Gasteiger partial charge in [-0.1, -0.05) is 20.8 Å². The van der Waals surface area contributed by atoms with E-state index < -0.39 is 0 Å². The maximum absolute atomic E-state index is 4.60. The second-order valence-corrected chi connectivity index (χ2v) is 5.64. The molecule has 0 bridgehead atoms. The number of hydrogen-bond acceptors (Lipinski definition) is 3. The van der Waals surface area contributed by atoms with E-state index in [0.29, 0.717) is 5.92 Å². The summed E-state index contributed by atoms with van der Waals surface area (Å²) in [5, 5.41) is 8.06. The highest BCUT2D eigenvalue weighted by atomic mass is 15.3. The molecule has 1 aromatic rings. The lowest BCUT2D eigenvalue weighted by molar-refractivity contribution is 0.527. The first-order valence-corrected chi connectivity index (χ1v) is 7.11. The van der Waals surface area contributed by atoms with Gasteiger partial charge in [0, 0.05) is 26.3 Å². The quantitative estimate of drug-likeness (QED) is 0.867. The molecule has 4 nitrogen and oxygen atoms in total. The Labute approximate surface area is 110 Å². The summed E-state index contributed by atoms with van der Waals surface area (Å²) in [6.07, 6.45) is 3.46. The topological polar surface area (TPSA) is 33.1 Å². The predicted octanol–water partition coefficient (Wildman–Crippen LogP) is 1.98. The number of nitrogens with zero attached hydrogens (tertiary/aromatic N) is 3. The lowest BCUT2D eigenvalue weighted by atomic mass is 10.1. The van der Waals surface area contributed by atoms with Gasteiger partial charge in [-0.3, -0.25) is 4.68 Å². The Morgan fingerprint density at radius 1 is 1.50 bits per heavy atom. The number of anilines is 1. The van der Waals surface area contributed by atoms with E-state index in [0.717, 1.165) is 19.0 Å². The van der Waals surface area contributed by atoms with Crippen LogP contribution in [0, 0.1) is 5.92 Å². The number of hydrogen-bond donors (Lipinski definition) is 1. The van der Waals surface area contributed by atoms with Crippen molar-refractivity contribution in [1.82, 2.24) is 15.1 Å². The van der Waals surface area contributed by atoms with Crippen molar-refractivity contribution in [2.45, 2.75) is 33.1 Å². The molecule has 0 aromatic carbocycles. The molecule has 1 N–H and O–H groups in total. The van der Waals surface area contributed by atoms with Gasteiger partial charge in [0.1, 0.15) is 0 Å². The van der Waals surface area contributed by atoms with Crippen LogP contribution in [0.15, 0.2) is 6.20 Å². The van der Waals surface area contributed by atoms with Crippen LogP contribution in [0.25, 0.3) is 0 Å². The molecule has 1 aromatic heterocycles. The lowest BCUT2D eigenvalue weighted by Gasteiger charge is -2.19. The van der Waals surface area contributed by atoms with E-state index in [2.05, 4.69) is 42.3 Å². The van der Waals surface area contributed by atoms with E-state index >= 15 is 0 Å². The minimum absolute atomic E-state index is 0.494. The zero-order valence-electron chi connectivity index (χ0n) is 12.1. The minimum Gasteiger partial charge on any atom is -0.368 e. The molecule has 4 heteroatoms. The zero-order valence-corrected chi connectivity index (χ0v) is 12.1. The summed E-state index contributed by atoms with van der Waals surface area (Å²) < 4.78 is 1.95. The van der Waals surface area contributed by atoms with Crippen LogP contribution in [0.3, 0.4) is 0 Å². The van der Waals surface area contributed by atoms with E-state index in [1.54, 1.807) is 0 Å². The van der Waals surface area contributed by atoms with Crippen LogP contribution in [0.2, 0.25) is 0 Å². The highest BCUT2D eigenvalue weighted by Crippen LogP contribution is 2.30. The maximum Gasteiger partial charge on any atom is 0.0883 e. The Morgan fingerprint density at radius 2 is 2.28 bits per heavy atom. The molecule has 1 atom stereocenters. The van der Waals surface area contributed by atoms with Crippen molar-refractivity contribution in [1.29, 1.82) is 0 Å². The standard InChI is InChI=1S/C14H26N4/c1-5-15-8-12-6-7-18(9-12)13-10-17(4)16-14(13)11(2)3/h10-12,15H,5-9H2,1-4H3. The molecular weight excluding hydrogens is 224 g/mol. The van der Waals surface area contributed by atoms with Gasteiger partial charge >= 0.3 is 0 Å². The van der Waals surface area contributed by atoms with Crippen LogP contribution >= 0.6 is 0 Å². The lowest BCUT2D eigenvalue weighted by Crippen LogP contribution is -2.26. The Balaban J connectivity index is 2.04. The van der Waals surface area contributed by atoms with Crippen molar-refractivity contribution in [2.24, 2.45) is 13.0 Å². The van der Waals surface area contributed by atoms with Gasteiger partial charge in [0.05, 0.1) is 11.4 Å². The van der Waals surface area contributed by atoms with Crippen LogP contribution in [0.4, 0.5) is 5.69 Å². The van der Waals surface area contributed by atoms with Gasteiger partial charge < -0.3 is 10.2 Å². The third-order valence-corrected chi connectivity index (χ3v) is 3.69. The summed E-state index contributed by atoms with van der Waals surface area (Å²) in [5.74, 6) is 1.28. The third-order valence-electron chi connectivity index (χ3n) is 3.69. The number of rotatable bonds is 5. The van der Waals surface area contributed by atoms with E-state index in [1.165, 1.54) is 30.9 Å². The highest BCUT2D eigenvalue weighted by Gasteiger charge is 2.26. The Morgan fingerprint density at radius 3 is 2.94 bits per heavy atom. The fourth-order valence-electron chi connectivity index (χ4n) is 2.71. The monoisotopic (exact) mass is 250 g/mol. The summed E-state index contributed by atoms with van der Waals surface area (Å²) in [4.78, 5) is 2.50. The zero-order chi connectivity index (χ0) is 13.1. The van der Waals surface area contributed by atoms with Gasteiger partial charge in [-0.05, 0) is 31.3 Å². The smallest absolute Gasteiger partial charge is 0.0883 e. The van der Waals surface area contributed by atoms with Gasteiger partial charge in [0.15, 0.2) is 0 Å². The van der Waals surface area contributed by atoms with Crippen molar-refractivity contribution in [3.63, 3.8) is 0 Å². The van der Waals surface area contributed by atoms with Crippen LogP contribution in [0.1, 0.15) is 38.8 Å². The molecular formula is C14H26N4. The molecule has 2 rings (SSSR count). The van der Waals surface area contributed by atoms with Crippen molar-refractivity contribution >= 4 is 5.69 Å². The Bertz CT molecular complexity index is 383. The number of nitrogens with one attached hydrogen (secondary N) is 1. The molecule has 0 aliphatic carbocycles. The van der Waals surface area contributed by atoms with Crippen molar-refractivity contribution in [3.05, 3.63) is 11.9 Å². The Hall–Kier alpha value is -1.03. The molecule has 1 fully saturated rings. The first-order chi connectivity index (χ1) is 8.61. The summed E-state index contributed by atoms with van der Waals surface area (Å²) >= 11 is 0. The molecule has 0 saturated carbocycles. The molecule has 102 valence electrons. The van der Waals surface area contributed by atoms with E-state index in [9.17, 15) is 0 Å².